The van der Waals surface area contributed by atoms with Crippen LogP contribution in [0, 0.1) is 0 Å². The number of benzene rings is 1. The summed E-state index contributed by atoms with van der Waals surface area (Å²) in [5.41, 5.74) is 1.74. The van der Waals surface area contributed by atoms with Crippen molar-refractivity contribution in [2.45, 2.75) is 32.9 Å². The van der Waals surface area contributed by atoms with Crippen molar-refractivity contribution in [3.05, 3.63) is 34.8 Å². The Kier molecular flexibility index (Phi) is 6.48. The number of hydrogen-bond acceptors (Lipinski definition) is 6. The molecule has 1 aliphatic rings. The van der Waals surface area contributed by atoms with E-state index in [2.05, 4.69) is 25.8 Å². The molecule has 0 aliphatic carbocycles. The van der Waals surface area contributed by atoms with Gasteiger partial charge in [-0.1, -0.05) is 0 Å². The largest absolute Gasteiger partial charge is 0.497 e. The zero-order valence-electron chi connectivity index (χ0n) is 16.2. The van der Waals surface area contributed by atoms with Crippen molar-refractivity contribution in [2.24, 2.45) is 0 Å². The number of aromatic nitrogens is 1. The van der Waals surface area contributed by atoms with Gasteiger partial charge < -0.3 is 15.4 Å². The maximum Gasteiger partial charge on any atom is 0.321 e. The van der Waals surface area contributed by atoms with E-state index in [0.29, 0.717) is 18.2 Å². The predicted octanol–water partition coefficient (Wildman–Crippen LogP) is 2.68. The third kappa shape index (κ3) is 5.43. The summed E-state index contributed by atoms with van der Waals surface area (Å²) in [4.78, 5) is 31.8. The summed E-state index contributed by atoms with van der Waals surface area (Å²) in [5, 5.41) is 9.05. The zero-order chi connectivity index (χ0) is 20.1. The maximum atomic E-state index is 12.3. The molecule has 1 aromatic heterocycles. The first-order valence-corrected chi connectivity index (χ1v) is 9.97. The Morgan fingerprint density at radius 3 is 2.68 bits per heavy atom. The molecule has 0 saturated heterocycles. The molecule has 28 heavy (non-hydrogen) atoms. The van der Waals surface area contributed by atoms with Crippen LogP contribution >= 0.6 is 11.3 Å². The van der Waals surface area contributed by atoms with E-state index in [0.717, 1.165) is 35.0 Å². The van der Waals surface area contributed by atoms with Crippen LogP contribution in [0.15, 0.2) is 24.3 Å². The van der Waals surface area contributed by atoms with Crippen LogP contribution in [0.3, 0.4) is 0 Å². The van der Waals surface area contributed by atoms with Crippen LogP contribution in [0.2, 0.25) is 0 Å². The minimum absolute atomic E-state index is 0.0622. The Bertz CT molecular complexity index is 835. The molecule has 0 fully saturated rings. The van der Waals surface area contributed by atoms with E-state index in [1.165, 1.54) is 11.3 Å². The number of carbonyl (C=O) groups is 2. The summed E-state index contributed by atoms with van der Waals surface area (Å²) in [6, 6.07) is 7.06. The Hall–Kier alpha value is -2.65. The molecule has 0 saturated carbocycles. The van der Waals surface area contributed by atoms with Gasteiger partial charge in [0.25, 0.3) is 0 Å². The van der Waals surface area contributed by atoms with Crippen molar-refractivity contribution in [3.8, 4) is 5.75 Å². The zero-order valence-corrected chi connectivity index (χ0v) is 17.1. The van der Waals surface area contributed by atoms with E-state index in [1.54, 1.807) is 7.11 Å². The van der Waals surface area contributed by atoms with Gasteiger partial charge >= 0.3 is 6.03 Å². The molecular formula is C19H25N5O3S. The molecule has 0 radical (unpaired) electrons. The van der Waals surface area contributed by atoms with Gasteiger partial charge in [-0.05, 0) is 38.1 Å². The van der Waals surface area contributed by atoms with Gasteiger partial charge in [-0.3, -0.25) is 15.0 Å². The normalized spacial score (nSPS) is 13.7. The predicted molar refractivity (Wildman–Crippen MR) is 110 cm³/mol. The number of carbonyl (C=O) groups excluding carboxylic acids is 2. The summed E-state index contributed by atoms with van der Waals surface area (Å²) >= 11 is 1.46. The summed E-state index contributed by atoms with van der Waals surface area (Å²) in [6.45, 7) is 5.52. The van der Waals surface area contributed by atoms with Gasteiger partial charge in [0.2, 0.25) is 5.91 Å². The van der Waals surface area contributed by atoms with Gasteiger partial charge in [-0.15, -0.1) is 11.3 Å². The fourth-order valence-corrected chi connectivity index (χ4v) is 3.96. The van der Waals surface area contributed by atoms with Crippen LogP contribution in [0.4, 0.5) is 15.6 Å². The average Bonchev–Trinajstić information content (AvgIpc) is 3.02. The molecule has 3 amide bonds. The van der Waals surface area contributed by atoms with Crippen LogP contribution in [-0.4, -0.2) is 48.1 Å². The number of anilines is 2. The number of amides is 3. The third-order valence-electron chi connectivity index (χ3n) is 4.19. The number of fused-ring (bicyclic) bond motifs is 1. The van der Waals surface area contributed by atoms with Crippen molar-refractivity contribution in [2.75, 3.05) is 30.8 Å². The van der Waals surface area contributed by atoms with Crippen LogP contribution < -0.4 is 20.7 Å². The van der Waals surface area contributed by atoms with Gasteiger partial charge in [0.1, 0.15) is 5.75 Å². The lowest BCUT2D eigenvalue weighted by Gasteiger charge is -2.25. The minimum Gasteiger partial charge on any atom is -0.497 e. The number of nitrogens with zero attached hydrogens (tertiary/aromatic N) is 2. The van der Waals surface area contributed by atoms with Gasteiger partial charge in [-0.2, -0.15) is 0 Å². The van der Waals surface area contributed by atoms with Gasteiger partial charge in [0, 0.05) is 36.1 Å². The Balaban J connectivity index is 1.53. The third-order valence-corrected chi connectivity index (χ3v) is 5.19. The molecule has 8 nitrogen and oxygen atoms in total. The molecule has 3 rings (SSSR count). The molecule has 150 valence electrons. The average molecular weight is 404 g/mol. The lowest BCUT2D eigenvalue weighted by Crippen LogP contribution is -2.36. The lowest BCUT2D eigenvalue weighted by molar-refractivity contribution is -0.117. The number of hydrogen-bond donors (Lipinski definition) is 3. The fraction of sp³-hybridized carbons (Fsp3) is 0.421. The first-order valence-electron chi connectivity index (χ1n) is 9.15. The van der Waals surface area contributed by atoms with E-state index in [4.69, 9.17) is 4.74 Å². The minimum atomic E-state index is -0.253. The Morgan fingerprint density at radius 1 is 1.25 bits per heavy atom. The number of ether oxygens (including phenoxy) is 1. The molecular weight excluding hydrogens is 378 g/mol. The van der Waals surface area contributed by atoms with Crippen molar-refractivity contribution in [1.29, 1.82) is 0 Å². The maximum absolute atomic E-state index is 12.3. The standard InChI is InChI=1S/C19H25N5O3S/c1-12(2)20-18(26)23-19-22-15-8-9-24(10-16(15)28-19)11-17(25)21-13-4-6-14(27-3)7-5-13/h4-7,12H,8-11H2,1-3H3,(H,21,25)(H2,20,22,23,26). The second-order valence-electron chi connectivity index (χ2n) is 6.88. The number of rotatable bonds is 6. The first-order chi connectivity index (χ1) is 13.4. The van der Waals surface area contributed by atoms with Crippen LogP contribution in [-0.2, 0) is 17.8 Å². The van der Waals surface area contributed by atoms with E-state index >= 15 is 0 Å². The molecule has 3 N–H and O–H groups in total. The second kappa shape index (κ2) is 9.03. The van der Waals surface area contributed by atoms with E-state index in [-0.39, 0.29) is 18.0 Å². The summed E-state index contributed by atoms with van der Waals surface area (Å²) in [5.74, 6) is 0.686. The van der Waals surface area contributed by atoms with Crippen LogP contribution in [0.25, 0.3) is 0 Å². The summed E-state index contributed by atoms with van der Waals surface area (Å²) in [7, 11) is 1.61. The SMILES string of the molecule is COc1ccc(NC(=O)CN2CCc3nc(NC(=O)NC(C)C)sc3C2)cc1. The molecule has 9 heteroatoms. The van der Waals surface area contributed by atoms with Crippen molar-refractivity contribution >= 4 is 34.1 Å². The Morgan fingerprint density at radius 2 is 2.00 bits per heavy atom. The van der Waals surface area contributed by atoms with Crippen molar-refractivity contribution in [3.63, 3.8) is 0 Å². The highest BCUT2D eigenvalue weighted by Gasteiger charge is 2.23. The fourth-order valence-electron chi connectivity index (χ4n) is 2.91. The number of methoxy groups -OCH3 is 1. The van der Waals surface area contributed by atoms with Crippen LogP contribution in [0.5, 0.6) is 5.75 Å². The van der Waals surface area contributed by atoms with E-state index in [9.17, 15) is 9.59 Å². The van der Waals surface area contributed by atoms with Gasteiger partial charge in [0.05, 0.1) is 19.3 Å². The van der Waals surface area contributed by atoms with Gasteiger partial charge in [-0.25, -0.2) is 9.78 Å². The molecule has 1 aromatic carbocycles. The molecule has 1 aliphatic heterocycles. The molecule has 0 unspecified atom stereocenters. The van der Waals surface area contributed by atoms with Crippen molar-refractivity contribution in [1.82, 2.24) is 15.2 Å². The molecule has 0 atom stereocenters. The topological polar surface area (TPSA) is 95.6 Å². The quantitative estimate of drug-likeness (QED) is 0.689. The van der Waals surface area contributed by atoms with E-state index in [1.807, 2.05) is 38.1 Å². The first kappa shape index (κ1) is 20.1. The summed E-state index contributed by atoms with van der Waals surface area (Å²) in [6.07, 6.45) is 0.759. The lowest BCUT2D eigenvalue weighted by atomic mass is 10.2. The highest BCUT2D eigenvalue weighted by molar-refractivity contribution is 7.15. The smallest absolute Gasteiger partial charge is 0.321 e. The van der Waals surface area contributed by atoms with Gasteiger partial charge in [0.15, 0.2) is 5.13 Å². The molecule has 2 aromatic rings. The molecule has 0 spiro atoms. The summed E-state index contributed by atoms with van der Waals surface area (Å²) < 4.78 is 5.12. The number of urea groups is 1. The Labute approximate surface area is 168 Å². The van der Waals surface area contributed by atoms with Crippen molar-refractivity contribution < 1.29 is 14.3 Å². The number of thiazole rings is 1. The monoisotopic (exact) mass is 403 g/mol. The molecule has 0 bridgehead atoms. The highest BCUT2D eigenvalue weighted by atomic mass is 32.1. The number of nitrogens with one attached hydrogen (secondary N) is 3. The van der Waals surface area contributed by atoms with E-state index < -0.39 is 0 Å². The molecule has 2 heterocycles. The highest BCUT2D eigenvalue weighted by Crippen LogP contribution is 2.28. The second-order valence-corrected chi connectivity index (χ2v) is 7.96. The van der Waals surface area contributed by atoms with Crippen LogP contribution in [0.1, 0.15) is 24.4 Å².